The summed E-state index contributed by atoms with van der Waals surface area (Å²) in [5, 5.41) is 0. The van der Waals surface area contributed by atoms with Crippen LogP contribution in [0.3, 0.4) is 0 Å². The van der Waals surface area contributed by atoms with E-state index in [1.165, 1.54) is 12.8 Å². The van der Waals surface area contributed by atoms with E-state index in [0.29, 0.717) is 24.2 Å². The van der Waals surface area contributed by atoms with Crippen molar-refractivity contribution in [3.63, 3.8) is 0 Å². The molecule has 84 valence electrons. The van der Waals surface area contributed by atoms with Gasteiger partial charge in [-0.15, -0.1) is 0 Å². The van der Waals surface area contributed by atoms with E-state index >= 15 is 0 Å². The van der Waals surface area contributed by atoms with Gasteiger partial charge in [0, 0.05) is 24.7 Å². The van der Waals surface area contributed by atoms with Gasteiger partial charge in [0.05, 0.1) is 6.10 Å². The second-order valence-electron chi connectivity index (χ2n) is 4.79. The van der Waals surface area contributed by atoms with Gasteiger partial charge in [-0.3, -0.25) is 4.90 Å². The van der Waals surface area contributed by atoms with Crippen molar-refractivity contribution in [2.24, 2.45) is 0 Å². The van der Waals surface area contributed by atoms with Crippen LogP contribution in [0, 0.1) is 0 Å². The third kappa shape index (κ3) is 2.71. The van der Waals surface area contributed by atoms with Crippen LogP contribution < -0.4 is 0 Å². The number of rotatable bonds is 3. The van der Waals surface area contributed by atoms with E-state index in [-0.39, 0.29) is 0 Å². The molecule has 0 aromatic carbocycles. The highest BCUT2D eigenvalue weighted by atomic mass is 16.5. The van der Waals surface area contributed by atoms with Crippen molar-refractivity contribution in [1.82, 2.24) is 4.90 Å². The zero-order valence-corrected chi connectivity index (χ0v) is 10.3. The molecule has 3 atom stereocenters. The minimum Gasteiger partial charge on any atom is -0.378 e. The van der Waals surface area contributed by atoms with Crippen molar-refractivity contribution in [1.29, 1.82) is 0 Å². The molecule has 1 aliphatic heterocycles. The standard InChI is InChI=1S/C12H25NO/c1-6-14-12-7-10(4)13(9(2)3)11(5)8-12/h9-12H,6-8H2,1-5H3/t10-,11+,12+. The SMILES string of the molecule is CCO[C@H]1C[C@@H](C)N(C(C)C)[C@@H](C)C1. The zero-order valence-electron chi connectivity index (χ0n) is 10.3. The summed E-state index contributed by atoms with van der Waals surface area (Å²) in [5.41, 5.74) is 0. The summed E-state index contributed by atoms with van der Waals surface area (Å²) in [7, 11) is 0. The van der Waals surface area contributed by atoms with E-state index in [0.717, 1.165) is 6.61 Å². The number of ether oxygens (including phenoxy) is 1. The molecule has 1 saturated heterocycles. The maximum Gasteiger partial charge on any atom is 0.0604 e. The second-order valence-corrected chi connectivity index (χ2v) is 4.79. The average molecular weight is 199 g/mol. The van der Waals surface area contributed by atoms with E-state index in [4.69, 9.17) is 4.74 Å². The fraction of sp³-hybridized carbons (Fsp3) is 1.00. The number of hydrogen-bond donors (Lipinski definition) is 0. The molecule has 0 aromatic rings. The van der Waals surface area contributed by atoms with E-state index < -0.39 is 0 Å². The van der Waals surface area contributed by atoms with Gasteiger partial charge in [0.15, 0.2) is 0 Å². The summed E-state index contributed by atoms with van der Waals surface area (Å²) in [6, 6.07) is 1.98. The topological polar surface area (TPSA) is 12.5 Å². The highest BCUT2D eigenvalue weighted by Crippen LogP contribution is 2.26. The first kappa shape index (κ1) is 12.0. The molecule has 14 heavy (non-hydrogen) atoms. The molecule has 1 rings (SSSR count). The van der Waals surface area contributed by atoms with Gasteiger partial charge in [-0.1, -0.05) is 0 Å². The molecule has 0 unspecified atom stereocenters. The fourth-order valence-corrected chi connectivity index (χ4v) is 2.92. The molecule has 0 spiro atoms. The van der Waals surface area contributed by atoms with Gasteiger partial charge in [-0.2, -0.15) is 0 Å². The van der Waals surface area contributed by atoms with Crippen LogP contribution in [0.1, 0.15) is 47.5 Å². The Labute approximate surface area is 88.6 Å². The van der Waals surface area contributed by atoms with Crippen LogP contribution in [0.25, 0.3) is 0 Å². The van der Waals surface area contributed by atoms with Crippen LogP contribution in [-0.2, 0) is 4.74 Å². The van der Waals surface area contributed by atoms with Gasteiger partial charge in [-0.05, 0) is 47.5 Å². The van der Waals surface area contributed by atoms with Gasteiger partial charge in [0.1, 0.15) is 0 Å². The Balaban J connectivity index is 2.54. The molecular formula is C12H25NO. The highest BCUT2D eigenvalue weighted by Gasteiger charge is 2.32. The first-order valence-corrected chi connectivity index (χ1v) is 5.95. The van der Waals surface area contributed by atoms with Crippen molar-refractivity contribution in [3.05, 3.63) is 0 Å². The lowest BCUT2D eigenvalue weighted by Gasteiger charge is -2.44. The molecule has 2 heteroatoms. The van der Waals surface area contributed by atoms with Crippen molar-refractivity contribution in [2.75, 3.05) is 6.61 Å². The minimum atomic E-state index is 0.486. The molecule has 2 nitrogen and oxygen atoms in total. The second kappa shape index (κ2) is 5.13. The van der Waals surface area contributed by atoms with Gasteiger partial charge >= 0.3 is 0 Å². The van der Waals surface area contributed by atoms with Crippen molar-refractivity contribution >= 4 is 0 Å². The highest BCUT2D eigenvalue weighted by molar-refractivity contribution is 4.86. The monoisotopic (exact) mass is 199 g/mol. The smallest absolute Gasteiger partial charge is 0.0604 e. The Kier molecular flexibility index (Phi) is 4.39. The Morgan fingerprint density at radius 1 is 1.21 bits per heavy atom. The molecule has 0 saturated carbocycles. The summed E-state index contributed by atoms with van der Waals surface area (Å²) < 4.78 is 5.73. The van der Waals surface area contributed by atoms with Crippen molar-refractivity contribution in [3.8, 4) is 0 Å². The predicted octanol–water partition coefficient (Wildman–Crippen LogP) is 2.67. The number of likely N-dealkylation sites (tertiary alicyclic amines) is 1. The first-order valence-electron chi connectivity index (χ1n) is 5.95. The summed E-state index contributed by atoms with van der Waals surface area (Å²) >= 11 is 0. The van der Waals surface area contributed by atoms with Gasteiger partial charge < -0.3 is 4.74 Å². The summed E-state index contributed by atoms with van der Waals surface area (Å²) in [5.74, 6) is 0. The summed E-state index contributed by atoms with van der Waals surface area (Å²) in [4.78, 5) is 2.61. The lowest BCUT2D eigenvalue weighted by atomic mass is 9.93. The van der Waals surface area contributed by atoms with E-state index in [1.807, 2.05) is 0 Å². The predicted molar refractivity (Wildman–Crippen MR) is 60.5 cm³/mol. The lowest BCUT2D eigenvalue weighted by molar-refractivity contribution is -0.0401. The van der Waals surface area contributed by atoms with Gasteiger partial charge in [0.2, 0.25) is 0 Å². The molecule has 1 heterocycles. The Morgan fingerprint density at radius 3 is 2.07 bits per heavy atom. The van der Waals surface area contributed by atoms with Crippen molar-refractivity contribution in [2.45, 2.75) is 71.7 Å². The number of hydrogen-bond acceptors (Lipinski definition) is 2. The third-order valence-corrected chi connectivity index (χ3v) is 3.22. The Bertz CT molecular complexity index is 158. The Morgan fingerprint density at radius 2 is 1.71 bits per heavy atom. The molecule has 0 aliphatic carbocycles. The minimum absolute atomic E-state index is 0.486. The molecule has 1 aliphatic rings. The van der Waals surface area contributed by atoms with Crippen LogP contribution in [-0.4, -0.2) is 35.7 Å². The van der Waals surface area contributed by atoms with Gasteiger partial charge in [-0.25, -0.2) is 0 Å². The average Bonchev–Trinajstić information content (AvgIpc) is 2.01. The quantitative estimate of drug-likeness (QED) is 0.693. The van der Waals surface area contributed by atoms with E-state index in [2.05, 4.69) is 39.5 Å². The molecule has 0 bridgehead atoms. The van der Waals surface area contributed by atoms with E-state index in [1.54, 1.807) is 0 Å². The maximum absolute atomic E-state index is 5.73. The summed E-state index contributed by atoms with van der Waals surface area (Å²) in [6.07, 6.45) is 2.87. The molecule has 0 radical (unpaired) electrons. The lowest BCUT2D eigenvalue weighted by Crippen LogP contribution is -2.51. The van der Waals surface area contributed by atoms with Gasteiger partial charge in [0.25, 0.3) is 0 Å². The van der Waals surface area contributed by atoms with Crippen molar-refractivity contribution < 1.29 is 4.74 Å². The Hall–Kier alpha value is -0.0800. The van der Waals surface area contributed by atoms with Crippen LogP contribution in [0.5, 0.6) is 0 Å². The third-order valence-electron chi connectivity index (χ3n) is 3.22. The van der Waals surface area contributed by atoms with E-state index in [9.17, 15) is 0 Å². The molecule has 0 N–H and O–H groups in total. The maximum atomic E-state index is 5.73. The number of piperidine rings is 1. The molecule has 1 fully saturated rings. The number of nitrogens with zero attached hydrogens (tertiary/aromatic N) is 1. The first-order chi connectivity index (χ1) is 6.56. The molecule has 0 amide bonds. The van der Waals surface area contributed by atoms with Crippen LogP contribution >= 0.6 is 0 Å². The molecule has 0 aromatic heterocycles. The van der Waals surface area contributed by atoms with Crippen LogP contribution in [0.4, 0.5) is 0 Å². The fourth-order valence-electron chi connectivity index (χ4n) is 2.92. The largest absolute Gasteiger partial charge is 0.378 e. The van der Waals surface area contributed by atoms with Crippen LogP contribution in [0.2, 0.25) is 0 Å². The normalized spacial score (nSPS) is 35.1. The zero-order chi connectivity index (χ0) is 10.7. The summed E-state index contributed by atoms with van der Waals surface area (Å²) in [6.45, 7) is 12.2. The molecular weight excluding hydrogens is 174 g/mol. The van der Waals surface area contributed by atoms with Crippen LogP contribution in [0.15, 0.2) is 0 Å².